The first-order valence-corrected chi connectivity index (χ1v) is 10.1. The topological polar surface area (TPSA) is 66.5 Å². The summed E-state index contributed by atoms with van der Waals surface area (Å²) in [5.74, 6) is -0.735. The van der Waals surface area contributed by atoms with Gasteiger partial charge in [-0.1, -0.05) is 47.5 Å². The summed E-state index contributed by atoms with van der Waals surface area (Å²) in [5, 5.41) is 3.18. The second-order valence-corrected chi connectivity index (χ2v) is 8.49. The minimum atomic E-state index is -3.57. The number of rotatable bonds is 5. The zero-order valence-corrected chi connectivity index (χ0v) is 15.5. The predicted octanol–water partition coefficient (Wildman–Crippen LogP) is 3.71. The van der Waals surface area contributed by atoms with Gasteiger partial charge in [-0.3, -0.25) is 9.10 Å². The molecule has 5 nitrogen and oxygen atoms in total. The third kappa shape index (κ3) is 3.92. The Hall–Kier alpha value is -1.76. The number of carbonyl (C=O) groups is 1. The van der Waals surface area contributed by atoms with E-state index in [2.05, 4.69) is 5.32 Å². The van der Waals surface area contributed by atoms with E-state index in [1.165, 1.54) is 4.31 Å². The lowest BCUT2D eigenvalue weighted by Gasteiger charge is -2.19. The highest BCUT2D eigenvalue weighted by atomic mass is 35.5. The number of nitrogens with one attached hydrogen (secondary N) is 1. The lowest BCUT2D eigenvalue weighted by molar-refractivity contribution is -0.115. The summed E-state index contributed by atoms with van der Waals surface area (Å²) in [6.07, 6.45) is 0.499. The quantitative estimate of drug-likeness (QED) is 0.834. The molecule has 2 aromatic carbocycles. The molecule has 0 spiro atoms. The van der Waals surface area contributed by atoms with E-state index in [-0.39, 0.29) is 12.2 Å². The van der Waals surface area contributed by atoms with Crippen LogP contribution in [0, 0.1) is 0 Å². The maximum Gasteiger partial charge on any atom is 0.235 e. The van der Waals surface area contributed by atoms with E-state index in [4.69, 9.17) is 23.2 Å². The third-order valence-corrected chi connectivity index (χ3v) is 6.40. The number of hydrogen-bond donors (Lipinski definition) is 1. The normalized spacial score (nSPS) is 13.6. The van der Waals surface area contributed by atoms with E-state index >= 15 is 0 Å². The lowest BCUT2D eigenvalue weighted by atomic mass is 10.2. The number of halogens is 2. The molecule has 0 saturated heterocycles. The Kier molecular flexibility index (Phi) is 5.22. The van der Waals surface area contributed by atoms with Gasteiger partial charge in [-0.15, -0.1) is 0 Å². The van der Waals surface area contributed by atoms with Crippen molar-refractivity contribution >= 4 is 50.5 Å². The molecular formula is C17H16Cl2N2O3S. The minimum absolute atomic E-state index is 0.178. The Bertz CT molecular complexity index is 896. The zero-order valence-electron chi connectivity index (χ0n) is 13.2. The average Bonchev–Trinajstić information content (AvgIpc) is 3.01. The van der Waals surface area contributed by atoms with Gasteiger partial charge < -0.3 is 5.32 Å². The molecule has 1 heterocycles. The maximum atomic E-state index is 12.6. The molecule has 1 aliphatic rings. The van der Waals surface area contributed by atoms with Gasteiger partial charge in [-0.25, -0.2) is 8.42 Å². The van der Waals surface area contributed by atoms with Gasteiger partial charge in [0.2, 0.25) is 15.9 Å². The van der Waals surface area contributed by atoms with Crippen molar-refractivity contribution in [3.8, 4) is 0 Å². The van der Waals surface area contributed by atoms with Crippen LogP contribution in [0.15, 0.2) is 42.5 Å². The van der Waals surface area contributed by atoms with Crippen LogP contribution in [0.2, 0.25) is 10.0 Å². The van der Waals surface area contributed by atoms with Crippen molar-refractivity contribution in [1.29, 1.82) is 0 Å². The molecule has 0 saturated carbocycles. The molecule has 0 atom stereocenters. The number of para-hydroxylation sites is 2. The number of anilines is 2. The molecule has 0 unspecified atom stereocenters. The molecule has 0 bridgehead atoms. The summed E-state index contributed by atoms with van der Waals surface area (Å²) in [4.78, 5) is 12.1. The summed E-state index contributed by atoms with van der Waals surface area (Å²) in [6, 6.07) is 12.2. The second kappa shape index (κ2) is 7.23. The molecule has 0 radical (unpaired) electrons. The molecule has 0 aliphatic carbocycles. The van der Waals surface area contributed by atoms with Crippen LogP contribution in [0.3, 0.4) is 0 Å². The Balaban J connectivity index is 1.66. The number of carbonyl (C=O) groups excluding carboxylic acids is 1. The Morgan fingerprint density at radius 1 is 1.08 bits per heavy atom. The SMILES string of the molecule is O=C(CCS(=O)(=O)N1CCc2ccccc21)Nc1c(Cl)cccc1Cl. The highest BCUT2D eigenvalue weighted by Gasteiger charge is 2.29. The summed E-state index contributed by atoms with van der Waals surface area (Å²) in [7, 11) is -3.57. The van der Waals surface area contributed by atoms with Crippen LogP contribution in [0.25, 0.3) is 0 Å². The Morgan fingerprint density at radius 2 is 1.76 bits per heavy atom. The molecule has 25 heavy (non-hydrogen) atoms. The van der Waals surface area contributed by atoms with Crippen molar-refractivity contribution in [1.82, 2.24) is 0 Å². The highest BCUT2D eigenvalue weighted by molar-refractivity contribution is 7.92. The highest BCUT2D eigenvalue weighted by Crippen LogP contribution is 2.31. The molecular weight excluding hydrogens is 383 g/mol. The van der Waals surface area contributed by atoms with Crippen molar-refractivity contribution in [2.45, 2.75) is 12.8 Å². The molecule has 8 heteroatoms. The monoisotopic (exact) mass is 398 g/mol. The van der Waals surface area contributed by atoms with Crippen LogP contribution in [0.4, 0.5) is 11.4 Å². The van der Waals surface area contributed by atoms with E-state index < -0.39 is 15.9 Å². The number of fused-ring (bicyclic) bond motifs is 1. The number of hydrogen-bond acceptors (Lipinski definition) is 3. The van der Waals surface area contributed by atoms with Crippen LogP contribution in [0.5, 0.6) is 0 Å². The molecule has 1 amide bonds. The maximum absolute atomic E-state index is 12.6. The third-order valence-electron chi connectivity index (χ3n) is 3.99. The van der Waals surface area contributed by atoms with Gasteiger partial charge in [-0.05, 0) is 30.2 Å². The number of nitrogens with zero attached hydrogens (tertiary/aromatic N) is 1. The molecule has 2 aromatic rings. The van der Waals surface area contributed by atoms with Gasteiger partial charge in [0.05, 0.1) is 27.2 Å². The van der Waals surface area contributed by atoms with Gasteiger partial charge in [0.25, 0.3) is 0 Å². The van der Waals surface area contributed by atoms with Crippen molar-refractivity contribution in [2.75, 3.05) is 21.9 Å². The summed E-state index contributed by atoms with van der Waals surface area (Å²) < 4.78 is 26.5. The van der Waals surface area contributed by atoms with Gasteiger partial charge in [-0.2, -0.15) is 0 Å². The fraction of sp³-hybridized carbons (Fsp3) is 0.235. The first-order valence-electron chi connectivity index (χ1n) is 7.70. The standard InChI is InChI=1S/C17H16Cl2N2O3S/c18-13-5-3-6-14(19)17(13)20-16(22)9-11-25(23,24)21-10-8-12-4-1-2-7-15(12)21/h1-7H,8-11H2,(H,20,22). The summed E-state index contributed by atoms with van der Waals surface area (Å²) >= 11 is 12.0. The summed E-state index contributed by atoms with van der Waals surface area (Å²) in [6.45, 7) is 0.402. The number of benzene rings is 2. The van der Waals surface area contributed by atoms with Crippen molar-refractivity contribution in [2.24, 2.45) is 0 Å². The van der Waals surface area contributed by atoms with Crippen molar-refractivity contribution in [3.63, 3.8) is 0 Å². The first kappa shape index (κ1) is 18.0. The average molecular weight is 399 g/mol. The fourth-order valence-electron chi connectivity index (χ4n) is 2.75. The lowest BCUT2D eigenvalue weighted by Crippen LogP contribution is -2.32. The fourth-order valence-corrected chi connectivity index (χ4v) is 4.75. The second-order valence-electron chi connectivity index (χ2n) is 5.66. The van der Waals surface area contributed by atoms with Crippen LogP contribution >= 0.6 is 23.2 Å². The van der Waals surface area contributed by atoms with Crippen LogP contribution in [-0.2, 0) is 21.2 Å². The number of sulfonamides is 1. The van der Waals surface area contributed by atoms with Gasteiger partial charge in [0, 0.05) is 13.0 Å². The minimum Gasteiger partial charge on any atom is -0.324 e. The molecule has 0 fully saturated rings. The molecule has 3 rings (SSSR count). The zero-order chi connectivity index (χ0) is 18.0. The van der Waals surface area contributed by atoms with Gasteiger partial charge >= 0.3 is 0 Å². The van der Waals surface area contributed by atoms with E-state index in [0.717, 1.165) is 5.56 Å². The van der Waals surface area contributed by atoms with E-state index in [1.54, 1.807) is 30.3 Å². The predicted molar refractivity (Wildman–Crippen MR) is 101 cm³/mol. The van der Waals surface area contributed by atoms with Crippen LogP contribution < -0.4 is 9.62 Å². The van der Waals surface area contributed by atoms with E-state index in [9.17, 15) is 13.2 Å². The Morgan fingerprint density at radius 3 is 2.48 bits per heavy atom. The smallest absolute Gasteiger partial charge is 0.235 e. The number of amides is 1. The van der Waals surface area contributed by atoms with Crippen LogP contribution in [-0.4, -0.2) is 26.6 Å². The summed E-state index contributed by atoms with van der Waals surface area (Å²) in [5.41, 5.74) is 1.98. The van der Waals surface area contributed by atoms with Gasteiger partial charge in [0.15, 0.2) is 0 Å². The van der Waals surface area contributed by atoms with Crippen molar-refractivity contribution in [3.05, 3.63) is 58.1 Å². The molecule has 132 valence electrons. The van der Waals surface area contributed by atoms with E-state index in [0.29, 0.717) is 34.4 Å². The van der Waals surface area contributed by atoms with Crippen molar-refractivity contribution < 1.29 is 13.2 Å². The molecule has 1 N–H and O–H groups in total. The first-order chi connectivity index (χ1) is 11.9. The van der Waals surface area contributed by atoms with Crippen LogP contribution in [0.1, 0.15) is 12.0 Å². The molecule has 1 aliphatic heterocycles. The Labute approximate surface area is 156 Å². The molecule has 0 aromatic heterocycles. The van der Waals surface area contributed by atoms with Gasteiger partial charge in [0.1, 0.15) is 0 Å². The van der Waals surface area contributed by atoms with E-state index in [1.807, 2.05) is 12.1 Å². The largest absolute Gasteiger partial charge is 0.324 e.